The minimum atomic E-state index is -0.405. The van der Waals surface area contributed by atoms with E-state index in [1.165, 1.54) is 0 Å². The summed E-state index contributed by atoms with van der Waals surface area (Å²) >= 11 is 3.37. The number of nitrogens with zero attached hydrogens (tertiary/aromatic N) is 1. The van der Waals surface area contributed by atoms with Gasteiger partial charge in [0.25, 0.3) is 0 Å². The number of amides is 1. The van der Waals surface area contributed by atoms with Crippen LogP contribution in [0.5, 0.6) is 5.75 Å². The molecule has 0 saturated carbocycles. The molecule has 25 heavy (non-hydrogen) atoms. The topological polar surface area (TPSA) is 55.8 Å². The van der Waals surface area contributed by atoms with Crippen molar-refractivity contribution in [3.63, 3.8) is 0 Å². The van der Waals surface area contributed by atoms with Gasteiger partial charge in [0.2, 0.25) is 5.91 Å². The quantitative estimate of drug-likeness (QED) is 0.543. The summed E-state index contributed by atoms with van der Waals surface area (Å²) in [6.45, 7) is 1.18. The lowest BCUT2D eigenvalue weighted by Gasteiger charge is -2.15. The van der Waals surface area contributed by atoms with Gasteiger partial charge in [0.15, 0.2) is 0 Å². The molecule has 1 aliphatic rings. The van der Waals surface area contributed by atoms with Gasteiger partial charge in [-0.1, -0.05) is 22.0 Å². The molecule has 2 aromatic carbocycles. The first kappa shape index (κ1) is 17.5. The van der Waals surface area contributed by atoms with Crippen LogP contribution < -0.4 is 9.64 Å². The van der Waals surface area contributed by atoms with E-state index in [-0.39, 0.29) is 19.1 Å². The molecule has 0 radical (unpaired) electrons. The zero-order valence-electron chi connectivity index (χ0n) is 13.6. The molecule has 0 aliphatic carbocycles. The minimum Gasteiger partial charge on any atom is -0.490 e. The van der Waals surface area contributed by atoms with E-state index >= 15 is 0 Å². The molecule has 1 heterocycles. The minimum absolute atomic E-state index is 0.125. The van der Waals surface area contributed by atoms with Gasteiger partial charge in [-0.3, -0.25) is 4.79 Å². The number of benzene rings is 2. The Hall–Kier alpha value is -2.34. The van der Waals surface area contributed by atoms with Gasteiger partial charge in [-0.25, -0.2) is 4.79 Å². The average Bonchev–Trinajstić information content (AvgIpc) is 3.05. The molecule has 1 amide bonds. The standard InChI is InChI=1S/C19H18BrNO4/c20-15-3-1-4-17(13-15)24-11-12-25-19(23)14-6-8-16(9-7-14)21-10-2-5-18(21)22/h1,3-4,6-9,13H,2,5,10-12H2. The molecule has 1 fully saturated rings. The van der Waals surface area contributed by atoms with Crippen LogP contribution in [0.25, 0.3) is 0 Å². The summed E-state index contributed by atoms with van der Waals surface area (Å²) in [5, 5.41) is 0. The van der Waals surface area contributed by atoms with Crippen molar-refractivity contribution in [3.8, 4) is 5.75 Å². The lowest BCUT2D eigenvalue weighted by molar-refractivity contribution is -0.117. The fourth-order valence-corrected chi connectivity index (χ4v) is 3.01. The van der Waals surface area contributed by atoms with Crippen molar-refractivity contribution in [2.45, 2.75) is 12.8 Å². The van der Waals surface area contributed by atoms with Crippen molar-refractivity contribution in [2.24, 2.45) is 0 Å². The van der Waals surface area contributed by atoms with Crippen LogP contribution in [-0.2, 0) is 9.53 Å². The van der Waals surface area contributed by atoms with Crippen LogP contribution in [0.4, 0.5) is 5.69 Å². The fourth-order valence-electron chi connectivity index (χ4n) is 2.63. The first-order valence-electron chi connectivity index (χ1n) is 8.09. The molecule has 0 atom stereocenters. The number of rotatable bonds is 6. The normalized spacial score (nSPS) is 13.8. The first-order valence-corrected chi connectivity index (χ1v) is 8.89. The molecule has 0 spiro atoms. The summed E-state index contributed by atoms with van der Waals surface area (Å²) in [6.07, 6.45) is 1.46. The number of hydrogen-bond acceptors (Lipinski definition) is 4. The summed E-state index contributed by atoms with van der Waals surface area (Å²) in [7, 11) is 0. The lowest BCUT2D eigenvalue weighted by atomic mass is 10.2. The number of carbonyl (C=O) groups is 2. The maximum absolute atomic E-state index is 12.0. The summed E-state index contributed by atoms with van der Waals surface area (Å²) in [6, 6.07) is 14.4. The van der Waals surface area contributed by atoms with Gasteiger partial charge in [-0.15, -0.1) is 0 Å². The lowest BCUT2D eigenvalue weighted by Crippen LogP contribution is -2.23. The van der Waals surface area contributed by atoms with Gasteiger partial charge >= 0.3 is 5.97 Å². The molecule has 1 saturated heterocycles. The summed E-state index contributed by atoms with van der Waals surface area (Å²) in [5.74, 6) is 0.433. The van der Waals surface area contributed by atoms with E-state index in [1.807, 2.05) is 24.3 Å². The van der Waals surface area contributed by atoms with Crippen molar-refractivity contribution in [3.05, 3.63) is 58.6 Å². The van der Waals surface area contributed by atoms with Crippen molar-refractivity contribution >= 4 is 33.5 Å². The van der Waals surface area contributed by atoms with Gasteiger partial charge in [0, 0.05) is 23.1 Å². The number of halogens is 1. The van der Waals surface area contributed by atoms with Crippen molar-refractivity contribution in [1.82, 2.24) is 0 Å². The SMILES string of the molecule is O=C(OCCOc1cccc(Br)c1)c1ccc(N2CCCC2=O)cc1. The van der Waals surface area contributed by atoms with Crippen LogP contribution in [0, 0.1) is 0 Å². The van der Waals surface area contributed by atoms with Crippen LogP contribution in [-0.4, -0.2) is 31.6 Å². The van der Waals surface area contributed by atoms with E-state index in [0.29, 0.717) is 17.7 Å². The molecule has 130 valence electrons. The molecule has 3 rings (SSSR count). The Morgan fingerprint density at radius 1 is 1.12 bits per heavy atom. The number of hydrogen-bond donors (Lipinski definition) is 0. The Labute approximate surface area is 154 Å². The van der Waals surface area contributed by atoms with Crippen LogP contribution in [0.2, 0.25) is 0 Å². The van der Waals surface area contributed by atoms with E-state index in [1.54, 1.807) is 29.2 Å². The molecule has 1 aliphatic heterocycles. The second kappa shape index (κ2) is 8.16. The number of ether oxygens (including phenoxy) is 2. The average molecular weight is 404 g/mol. The maximum Gasteiger partial charge on any atom is 0.338 e. The Balaban J connectivity index is 1.47. The number of anilines is 1. The predicted molar refractivity (Wildman–Crippen MR) is 97.9 cm³/mol. The molecule has 0 bridgehead atoms. The van der Waals surface area contributed by atoms with Gasteiger partial charge in [0.05, 0.1) is 5.56 Å². The monoisotopic (exact) mass is 403 g/mol. The maximum atomic E-state index is 12.0. The second-order valence-corrected chi connectivity index (χ2v) is 6.55. The molecule has 0 aromatic heterocycles. The van der Waals surface area contributed by atoms with Gasteiger partial charge in [0.1, 0.15) is 19.0 Å². The Morgan fingerprint density at radius 3 is 2.60 bits per heavy atom. The van der Waals surface area contributed by atoms with E-state index < -0.39 is 5.97 Å². The zero-order chi connectivity index (χ0) is 17.6. The Kier molecular flexibility index (Phi) is 5.71. The predicted octanol–water partition coefficient (Wildman–Crippen LogP) is 3.81. The smallest absolute Gasteiger partial charge is 0.338 e. The van der Waals surface area contributed by atoms with Crippen LogP contribution in [0.3, 0.4) is 0 Å². The van der Waals surface area contributed by atoms with E-state index in [9.17, 15) is 9.59 Å². The summed E-state index contributed by atoms with van der Waals surface area (Å²) in [5.41, 5.74) is 1.27. The van der Waals surface area contributed by atoms with Gasteiger partial charge in [-0.2, -0.15) is 0 Å². The molecular weight excluding hydrogens is 386 g/mol. The first-order chi connectivity index (χ1) is 12.1. The third-order valence-electron chi connectivity index (χ3n) is 3.87. The Morgan fingerprint density at radius 2 is 1.92 bits per heavy atom. The molecule has 2 aromatic rings. The number of carbonyl (C=O) groups excluding carboxylic acids is 2. The van der Waals surface area contributed by atoms with Crippen molar-refractivity contribution in [2.75, 3.05) is 24.7 Å². The molecular formula is C19H18BrNO4. The van der Waals surface area contributed by atoms with Crippen LogP contribution in [0.1, 0.15) is 23.2 Å². The van der Waals surface area contributed by atoms with Gasteiger partial charge < -0.3 is 14.4 Å². The third-order valence-corrected chi connectivity index (χ3v) is 4.36. The molecule has 0 N–H and O–H groups in total. The summed E-state index contributed by atoms with van der Waals surface area (Å²) < 4.78 is 11.7. The largest absolute Gasteiger partial charge is 0.490 e. The zero-order valence-corrected chi connectivity index (χ0v) is 15.2. The highest BCUT2D eigenvalue weighted by Crippen LogP contribution is 2.22. The molecule has 6 heteroatoms. The van der Waals surface area contributed by atoms with Gasteiger partial charge in [-0.05, 0) is 48.9 Å². The highest BCUT2D eigenvalue weighted by molar-refractivity contribution is 9.10. The number of esters is 1. The van der Waals surface area contributed by atoms with E-state index in [2.05, 4.69) is 15.9 Å². The van der Waals surface area contributed by atoms with E-state index in [4.69, 9.17) is 9.47 Å². The van der Waals surface area contributed by atoms with Crippen molar-refractivity contribution in [1.29, 1.82) is 0 Å². The third kappa shape index (κ3) is 4.60. The van der Waals surface area contributed by atoms with Crippen LogP contribution in [0.15, 0.2) is 53.0 Å². The fraction of sp³-hybridized carbons (Fsp3) is 0.263. The Bertz CT molecular complexity index is 760. The summed E-state index contributed by atoms with van der Waals surface area (Å²) in [4.78, 5) is 25.5. The van der Waals surface area contributed by atoms with Crippen molar-refractivity contribution < 1.29 is 19.1 Å². The molecule has 0 unspecified atom stereocenters. The van der Waals surface area contributed by atoms with E-state index in [0.717, 1.165) is 23.1 Å². The highest BCUT2D eigenvalue weighted by atomic mass is 79.9. The van der Waals surface area contributed by atoms with Crippen LogP contribution >= 0.6 is 15.9 Å². The molecule has 5 nitrogen and oxygen atoms in total. The highest BCUT2D eigenvalue weighted by Gasteiger charge is 2.21. The second-order valence-electron chi connectivity index (χ2n) is 5.64.